The number of ether oxygens (including phenoxy) is 1. The van der Waals surface area contributed by atoms with Gasteiger partial charge in [-0.3, -0.25) is 4.79 Å². The molecule has 1 aliphatic heterocycles. The van der Waals surface area contributed by atoms with Gasteiger partial charge in [0.25, 0.3) is 0 Å². The Morgan fingerprint density at radius 2 is 1.77 bits per heavy atom. The standard InChI is InChI=1S/C25H31FN2O2/c1-17(2)30-22-10-6-18(7-11-22)14-25(29)28(16-19-4-8-21(26)9-5-19)24-13-20-12-23(24)27(3)15-20/h4-11,17,20,23-24H,12-16H2,1-3H3/t20-,23+,24-/m1/s1. The van der Waals surface area contributed by atoms with Gasteiger partial charge in [0.05, 0.1) is 12.5 Å². The van der Waals surface area contributed by atoms with Crippen molar-refractivity contribution in [2.24, 2.45) is 5.92 Å². The van der Waals surface area contributed by atoms with Crippen molar-refractivity contribution in [3.8, 4) is 5.75 Å². The van der Waals surface area contributed by atoms with E-state index >= 15 is 0 Å². The summed E-state index contributed by atoms with van der Waals surface area (Å²) in [5, 5.41) is 0. The Morgan fingerprint density at radius 3 is 2.37 bits per heavy atom. The van der Waals surface area contributed by atoms with Crippen LogP contribution in [0.15, 0.2) is 48.5 Å². The SMILES string of the molecule is CC(C)Oc1ccc(CC(=O)N(Cc2ccc(F)cc2)[C@@H]2C[C@H]3C[C@@H]2N(C)C3)cc1. The third-order valence-corrected chi connectivity index (χ3v) is 6.34. The molecule has 0 aromatic heterocycles. The third-order valence-electron chi connectivity index (χ3n) is 6.34. The van der Waals surface area contributed by atoms with Crippen LogP contribution in [0.5, 0.6) is 5.75 Å². The lowest BCUT2D eigenvalue weighted by molar-refractivity contribution is -0.135. The molecular formula is C25H31FN2O2. The molecule has 1 heterocycles. The number of carbonyl (C=O) groups is 1. The summed E-state index contributed by atoms with van der Waals surface area (Å²) in [7, 11) is 2.16. The highest BCUT2D eigenvalue weighted by atomic mass is 19.1. The van der Waals surface area contributed by atoms with Crippen molar-refractivity contribution in [3.63, 3.8) is 0 Å². The van der Waals surface area contributed by atoms with Crippen LogP contribution < -0.4 is 4.74 Å². The summed E-state index contributed by atoms with van der Waals surface area (Å²) < 4.78 is 19.1. The molecule has 30 heavy (non-hydrogen) atoms. The Balaban J connectivity index is 1.51. The second kappa shape index (κ2) is 8.76. The molecule has 2 fully saturated rings. The smallest absolute Gasteiger partial charge is 0.227 e. The number of benzene rings is 2. The summed E-state index contributed by atoms with van der Waals surface area (Å²) in [5.41, 5.74) is 1.95. The summed E-state index contributed by atoms with van der Waals surface area (Å²) in [5.74, 6) is 1.36. The average molecular weight is 411 g/mol. The van der Waals surface area contributed by atoms with E-state index in [0.29, 0.717) is 24.9 Å². The minimum Gasteiger partial charge on any atom is -0.491 e. The number of likely N-dealkylation sites (N-methyl/N-ethyl adjacent to an activating group) is 1. The zero-order chi connectivity index (χ0) is 21.3. The van der Waals surface area contributed by atoms with Gasteiger partial charge in [0.1, 0.15) is 11.6 Å². The van der Waals surface area contributed by atoms with Gasteiger partial charge in [-0.1, -0.05) is 24.3 Å². The fraction of sp³-hybridized carbons (Fsp3) is 0.480. The minimum absolute atomic E-state index is 0.124. The van der Waals surface area contributed by atoms with Gasteiger partial charge in [-0.2, -0.15) is 0 Å². The van der Waals surface area contributed by atoms with Crippen LogP contribution in [-0.4, -0.2) is 47.5 Å². The fourth-order valence-electron chi connectivity index (χ4n) is 5.00. The molecule has 2 aromatic rings. The molecule has 1 saturated heterocycles. The molecule has 0 spiro atoms. The number of halogens is 1. The maximum atomic E-state index is 13.4. The van der Waals surface area contributed by atoms with E-state index in [1.165, 1.54) is 12.1 Å². The summed E-state index contributed by atoms with van der Waals surface area (Å²) in [4.78, 5) is 17.8. The number of carbonyl (C=O) groups excluding carboxylic acids is 1. The summed E-state index contributed by atoms with van der Waals surface area (Å²) in [6.07, 6.45) is 2.71. The first kappa shape index (κ1) is 20.9. The van der Waals surface area contributed by atoms with Gasteiger partial charge in [-0.25, -0.2) is 4.39 Å². The summed E-state index contributed by atoms with van der Waals surface area (Å²) in [6, 6.07) is 14.9. The van der Waals surface area contributed by atoms with Crippen molar-refractivity contribution >= 4 is 5.91 Å². The minimum atomic E-state index is -0.250. The highest BCUT2D eigenvalue weighted by Crippen LogP contribution is 2.40. The maximum absolute atomic E-state index is 13.4. The first-order valence-electron chi connectivity index (χ1n) is 10.9. The second-order valence-electron chi connectivity index (χ2n) is 9.05. The molecule has 0 N–H and O–H groups in total. The normalized spacial score (nSPS) is 23.2. The largest absolute Gasteiger partial charge is 0.491 e. The van der Waals surface area contributed by atoms with Crippen LogP contribution in [0.3, 0.4) is 0 Å². The summed E-state index contributed by atoms with van der Waals surface area (Å²) >= 11 is 0. The fourth-order valence-corrected chi connectivity index (χ4v) is 5.00. The van der Waals surface area contributed by atoms with Gasteiger partial charge >= 0.3 is 0 Å². The van der Waals surface area contributed by atoms with E-state index in [1.54, 1.807) is 12.1 Å². The van der Waals surface area contributed by atoms with Gasteiger partial charge < -0.3 is 14.5 Å². The highest BCUT2D eigenvalue weighted by Gasteiger charge is 2.46. The molecular weight excluding hydrogens is 379 g/mol. The molecule has 4 rings (SSSR count). The van der Waals surface area contributed by atoms with E-state index in [-0.39, 0.29) is 23.9 Å². The van der Waals surface area contributed by atoms with Gasteiger partial charge in [0, 0.05) is 25.2 Å². The molecule has 2 aliphatic rings. The number of fused-ring (bicyclic) bond motifs is 2. The molecule has 3 atom stereocenters. The van der Waals surface area contributed by atoms with Crippen LogP contribution in [-0.2, 0) is 17.8 Å². The third kappa shape index (κ3) is 4.67. The number of rotatable bonds is 7. The van der Waals surface area contributed by atoms with Crippen molar-refractivity contribution in [3.05, 3.63) is 65.5 Å². The van der Waals surface area contributed by atoms with Gasteiger partial charge in [0.2, 0.25) is 5.91 Å². The molecule has 2 bridgehead atoms. The molecule has 2 aromatic carbocycles. The average Bonchev–Trinajstić information content (AvgIpc) is 3.28. The molecule has 1 amide bonds. The van der Waals surface area contributed by atoms with Crippen molar-refractivity contribution in [1.29, 1.82) is 0 Å². The van der Waals surface area contributed by atoms with E-state index in [9.17, 15) is 9.18 Å². The van der Waals surface area contributed by atoms with Crippen LogP contribution in [0.1, 0.15) is 37.8 Å². The zero-order valence-electron chi connectivity index (χ0n) is 18.1. The number of nitrogens with zero attached hydrogens (tertiary/aromatic N) is 2. The van der Waals surface area contributed by atoms with Gasteiger partial charge in [-0.15, -0.1) is 0 Å². The number of hydrogen-bond donors (Lipinski definition) is 0. The highest BCUT2D eigenvalue weighted by molar-refractivity contribution is 5.79. The van der Waals surface area contributed by atoms with Crippen molar-refractivity contribution < 1.29 is 13.9 Å². The van der Waals surface area contributed by atoms with Crippen LogP contribution in [0.4, 0.5) is 4.39 Å². The van der Waals surface area contributed by atoms with Crippen molar-refractivity contribution in [1.82, 2.24) is 9.80 Å². The maximum Gasteiger partial charge on any atom is 0.227 e. The molecule has 1 aliphatic carbocycles. The van der Waals surface area contributed by atoms with E-state index < -0.39 is 0 Å². The predicted molar refractivity (Wildman–Crippen MR) is 116 cm³/mol. The number of piperidine rings is 1. The molecule has 0 radical (unpaired) electrons. The number of amides is 1. The first-order chi connectivity index (χ1) is 14.4. The lowest BCUT2D eigenvalue weighted by Gasteiger charge is -2.39. The Labute approximate surface area is 178 Å². The molecule has 1 saturated carbocycles. The quantitative estimate of drug-likeness (QED) is 0.683. The van der Waals surface area contributed by atoms with E-state index in [2.05, 4.69) is 11.9 Å². The molecule has 160 valence electrons. The Morgan fingerprint density at radius 1 is 1.10 bits per heavy atom. The Kier molecular flexibility index (Phi) is 6.09. The molecule has 5 heteroatoms. The lowest BCUT2D eigenvalue weighted by atomic mass is 10.0. The van der Waals surface area contributed by atoms with E-state index in [4.69, 9.17) is 4.74 Å². The second-order valence-corrected chi connectivity index (χ2v) is 9.05. The molecule has 4 nitrogen and oxygen atoms in total. The van der Waals surface area contributed by atoms with E-state index in [0.717, 1.165) is 36.3 Å². The Hall–Kier alpha value is -2.40. The van der Waals surface area contributed by atoms with E-state index in [1.807, 2.05) is 43.0 Å². The topological polar surface area (TPSA) is 32.8 Å². The van der Waals surface area contributed by atoms with Crippen LogP contribution in [0.25, 0.3) is 0 Å². The van der Waals surface area contributed by atoms with Gasteiger partial charge in [-0.05, 0) is 75.0 Å². The lowest BCUT2D eigenvalue weighted by Crippen LogP contribution is -2.51. The van der Waals surface area contributed by atoms with Crippen LogP contribution in [0.2, 0.25) is 0 Å². The predicted octanol–water partition coefficient (Wildman–Crippen LogP) is 4.28. The summed E-state index contributed by atoms with van der Waals surface area (Å²) in [6.45, 7) is 5.64. The first-order valence-corrected chi connectivity index (χ1v) is 10.9. The van der Waals surface area contributed by atoms with Crippen molar-refractivity contribution in [2.45, 2.75) is 57.8 Å². The Bertz CT molecular complexity index is 866. The monoisotopic (exact) mass is 410 g/mol. The van der Waals surface area contributed by atoms with Crippen LogP contribution >= 0.6 is 0 Å². The molecule has 0 unspecified atom stereocenters. The van der Waals surface area contributed by atoms with Crippen LogP contribution in [0, 0.1) is 11.7 Å². The zero-order valence-corrected chi connectivity index (χ0v) is 18.1. The number of likely N-dealkylation sites (tertiary alicyclic amines) is 1. The van der Waals surface area contributed by atoms with Gasteiger partial charge in [0.15, 0.2) is 0 Å². The number of hydrogen-bond acceptors (Lipinski definition) is 3. The van der Waals surface area contributed by atoms with Crippen molar-refractivity contribution in [2.75, 3.05) is 13.6 Å².